The zero-order valence-corrected chi connectivity index (χ0v) is 24.9. The van der Waals surface area contributed by atoms with Crippen LogP contribution in [0.25, 0.3) is 6.08 Å². The van der Waals surface area contributed by atoms with Crippen LogP contribution in [0.1, 0.15) is 89.4 Å². The second-order valence-corrected chi connectivity index (χ2v) is 11.2. The molecule has 212 valence electrons. The molecule has 0 spiro atoms. The minimum Gasteiger partial charge on any atom is -0.493 e. The summed E-state index contributed by atoms with van der Waals surface area (Å²) in [7, 11) is 1.44. The lowest BCUT2D eigenvalue weighted by molar-refractivity contribution is -0.143. The Labute approximate surface area is 232 Å². The maximum absolute atomic E-state index is 13.4. The number of ketones is 1. The van der Waals surface area contributed by atoms with Crippen LogP contribution in [0.4, 0.5) is 0 Å². The first-order valence-corrected chi connectivity index (χ1v) is 13.3. The minimum absolute atomic E-state index is 0.110. The van der Waals surface area contributed by atoms with Gasteiger partial charge in [-0.15, -0.1) is 0 Å². The van der Waals surface area contributed by atoms with Crippen molar-refractivity contribution in [2.45, 2.75) is 75.2 Å². The Morgan fingerprint density at radius 2 is 1.36 bits per heavy atom. The molecule has 0 N–H and O–H groups in total. The highest BCUT2D eigenvalue weighted by atomic mass is 16.5. The average molecular weight is 539 g/mol. The van der Waals surface area contributed by atoms with Crippen molar-refractivity contribution in [1.29, 1.82) is 0 Å². The number of allylic oxidation sites excluding steroid dienone is 1. The number of esters is 2. The number of methoxy groups -OCH3 is 1. The van der Waals surface area contributed by atoms with Gasteiger partial charge in [-0.2, -0.15) is 0 Å². The van der Waals surface area contributed by atoms with Gasteiger partial charge in [-0.05, 0) is 103 Å². The van der Waals surface area contributed by atoms with Gasteiger partial charge in [0.15, 0.2) is 5.76 Å². The molecule has 0 aliphatic carbocycles. The fourth-order valence-electron chi connectivity index (χ4n) is 3.60. The van der Waals surface area contributed by atoms with Gasteiger partial charge in [-0.25, -0.2) is 0 Å². The molecule has 0 bridgehead atoms. The lowest BCUT2D eigenvalue weighted by Gasteiger charge is -2.23. The van der Waals surface area contributed by atoms with E-state index in [0.29, 0.717) is 47.8 Å². The molecule has 0 atom stereocenters. The highest BCUT2D eigenvalue weighted by Gasteiger charge is 2.28. The van der Waals surface area contributed by atoms with Gasteiger partial charge in [-0.3, -0.25) is 14.4 Å². The third-order valence-electron chi connectivity index (χ3n) is 5.93. The number of carbonyl (C=O) groups excluding carboxylic acids is 3. The average Bonchev–Trinajstić information content (AvgIpc) is 2.87. The Hall–Kier alpha value is -3.61. The Bertz CT molecular complexity index is 1220. The van der Waals surface area contributed by atoms with Gasteiger partial charge in [-0.1, -0.05) is 13.8 Å². The van der Waals surface area contributed by atoms with Crippen LogP contribution in [-0.2, 0) is 27.2 Å². The van der Waals surface area contributed by atoms with E-state index in [4.69, 9.17) is 18.9 Å². The normalized spacial score (nSPS) is 12.1. The van der Waals surface area contributed by atoms with Gasteiger partial charge in [0.1, 0.15) is 17.2 Å². The van der Waals surface area contributed by atoms with Gasteiger partial charge in [0.25, 0.3) is 0 Å². The molecule has 0 fully saturated rings. The third-order valence-corrected chi connectivity index (χ3v) is 5.93. The summed E-state index contributed by atoms with van der Waals surface area (Å²) < 4.78 is 22.8. The third kappa shape index (κ3) is 7.94. The van der Waals surface area contributed by atoms with Crippen LogP contribution >= 0.6 is 0 Å². The van der Waals surface area contributed by atoms with E-state index in [-0.39, 0.29) is 23.5 Å². The van der Waals surface area contributed by atoms with Crippen molar-refractivity contribution in [2.75, 3.05) is 13.7 Å². The largest absolute Gasteiger partial charge is 0.493 e. The molecule has 2 aromatic rings. The minimum atomic E-state index is -0.670. The molecule has 0 aliphatic rings. The molecule has 0 radical (unpaired) electrons. The number of carbonyl (C=O) groups is 3. The standard InChI is InChI=1S/C32H42O7/c1-11-20-18-22(27(37-13-3)24(12-2)28(20)39-30(35)32(7,8)9)19-25(36-10)26(33)21-14-16-23(17-15-21)38-29(34)31(4,5)6/h14-19H,11-13H2,1-10H3. The van der Waals surface area contributed by atoms with Crippen LogP contribution in [0.5, 0.6) is 17.2 Å². The predicted octanol–water partition coefficient (Wildman–Crippen LogP) is 6.98. The molecule has 0 aromatic heterocycles. The van der Waals surface area contributed by atoms with Gasteiger partial charge < -0.3 is 18.9 Å². The maximum atomic E-state index is 13.4. The SMILES string of the molecule is CCOc1c(C=C(OC)C(=O)c2ccc(OC(=O)C(C)(C)C)cc2)cc(CC)c(OC(=O)C(C)(C)C)c1CC. The molecular formula is C32H42O7. The first-order valence-electron chi connectivity index (χ1n) is 13.3. The zero-order valence-electron chi connectivity index (χ0n) is 24.9. The van der Waals surface area contributed by atoms with E-state index in [1.807, 2.05) is 47.6 Å². The van der Waals surface area contributed by atoms with Gasteiger partial charge in [0.05, 0.1) is 24.5 Å². The molecule has 0 saturated heterocycles. The van der Waals surface area contributed by atoms with Crippen LogP contribution in [-0.4, -0.2) is 31.4 Å². The van der Waals surface area contributed by atoms with Crippen molar-refractivity contribution >= 4 is 23.8 Å². The lowest BCUT2D eigenvalue weighted by atomic mass is 9.95. The van der Waals surface area contributed by atoms with Crippen LogP contribution in [0.2, 0.25) is 0 Å². The topological polar surface area (TPSA) is 88.1 Å². The van der Waals surface area contributed by atoms with E-state index in [1.165, 1.54) is 7.11 Å². The van der Waals surface area contributed by atoms with E-state index in [2.05, 4.69) is 0 Å². The highest BCUT2D eigenvalue weighted by molar-refractivity contribution is 6.10. The van der Waals surface area contributed by atoms with Crippen molar-refractivity contribution in [1.82, 2.24) is 0 Å². The Kier molecular flexibility index (Phi) is 10.5. The summed E-state index contributed by atoms with van der Waals surface area (Å²) in [5.74, 6) is 0.479. The van der Waals surface area contributed by atoms with E-state index in [9.17, 15) is 14.4 Å². The molecule has 0 heterocycles. The van der Waals surface area contributed by atoms with Crippen molar-refractivity contribution in [3.63, 3.8) is 0 Å². The number of ether oxygens (including phenoxy) is 4. The molecule has 2 rings (SSSR count). The zero-order chi connectivity index (χ0) is 29.5. The smallest absolute Gasteiger partial charge is 0.316 e. The van der Waals surface area contributed by atoms with Crippen LogP contribution in [0, 0.1) is 10.8 Å². The van der Waals surface area contributed by atoms with Gasteiger partial charge in [0.2, 0.25) is 5.78 Å². The van der Waals surface area contributed by atoms with Crippen molar-refractivity contribution in [3.8, 4) is 17.2 Å². The number of aryl methyl sites for hydroxylation is 1. The van der Waals surface area contributed by atoms with Crippen LogP contribution in [0.15, 0.2) is 36.1 Å². The number of rotatable bonds is 10. The molecule has 0 unspecified atom stereocenters. The summed E-state index contributed by atoms with van der Waals surface area (Å²) >= 11 is 0. The number of hydrogen-bond acceptors (Lipinski definition) is 7. The molecule has 0 aliphatic heterocycles. The summed E-state index contributed by atoms with van der Waals surface area (Å²) in [6.07, 6.45) is 2.81. The highest BCUT2D eigenvalue weighted by Crippen LogP contribution is 2.39. The summed E-state index contributed by atoms with van der Waals surface area (Å²) in [4.78, 5) is 38.3. The molecule has 0 amide bonds. The van der Waals surface area contributed by atoms with Crippen molar-refractivity contribution in [3.05, 3.63) is 58.3 Å². The van der Waals surface area contributed by atoms with Crippen LogP contribution in [0.3, 0.4) is 0 Å². The van der Waals surface area contributed by atoms with Crippen molar-refractivity contribution in [2.24, 2.45) is 10.8 Å². The molecule has 2 aromatic carbocycles. The monoisotopic (exact) mass is 538 g/mol. The molecule has 39 heavy (non-hydrogen) atoms. The Morgan fingerprint density at radius 3 is 1.82 bits per heavy atom. The van der Waals surface area contributed by atoms with E-state index >= 15 is 0 Å². The molecule has 7 nitrogen and oxygen atoms in total. The maximum Gasteiger partial charge on any atom is 0.316 e. The predicted molar refractivity (Wildman–Crippen MR) is 152 cm³/mol. The van der Waals surface area contributed by atoms with Crippen molar-refractivity contribution < 1.29 is 33.3 Å². The molecule has 7 heteroatoms. The van der Waals surface area contributed by atoms with E-state index in [0.717, 1.165) is 11.1 Å². The van der Waals surface area contributed by atoms with Gasteiger partial charge in [0, 0.05) is 16.7 Å². The fraction of sp³-hybridized carbons (Fsp3) is 0.469. The fourth-order valence-corrected chi connectivity index (χ4v) is 3.60. The molecule has 0 saturated carbocycles. The lowest BCUT2D eigenvalue weighted by Crippen LogP contribution is -2.26. The number of benzene rings is 2. The second kappa shape index (κ2) is 13.0. The summed E-state index contributed by atoms with van der Waals surface area (Å²) in [5, 5.41) is 0. The van der Waals surface area contributed by atoms with E-state index in [1.54, 1.807) is 51.1 Å². The first kappa shape index (κ1) is 31.6. The molecular weight excluding hydrogens is 496 g/mol. The quantitative estimate of drug-likeness (QED) is 0.106. The summed E-state index contributed by atoms with van der Waals surface area (Å²) in [5.41, 5.74) is 1.30. The Morgan fingerprint density at radius 1 is 0.795 bits per heavy atom. The number of Topliss-reactive ketones (excluding diaryl/α,β-unsaturated/α-hetero) is 1. The van der Waals surface area contributed by atoms with E-state index < -0.39 is 10.8 Å². The summed E-state index contributed by atoms with van der Waals surface area (Å²) in [6.45, 7) is 17.0. The van der Waals surface area contributed by atoms with Gasteiger partial charge >= 0.3 is 11.9 Å². The number of hydrogen-bond donors (Lipinski definition) is 0. The second-order valence-electron chi connectivity index (χ2n) is 11.2. The van der Waals surface area contributed by atoms with Crippen LogP contribution < -0.4 is 14.2 Å². The summed E-state index contributed by atoms with van der Waals surface area (Å²) in [6, 6.07) is 8.22. The first-order chi connectivity index (χ1) is 18.2. The Balaban J connectivity index is 2.54.